The van der Waals surface area contributed by atoms with Gasteiger partial charge in [-0.25, -0.2) is 0 Å². The van der Waals surface area contributed by atoms with Gasteiger partial charge in [-0.2, -0.15) is 0 Å². The summed E-state index contributed by atoms with van der Waals surface area (Å²) in [5.41, 5.74) is 2.29. The van der Waals surface area contributed by atoms with E-state index in [-0.39, 0.29) is 21.1 Å². The monoisotopic (exact) mass is 393 g/mol. The summed E-state index contributed by atoms with van der Waals surface area (Å²) in [6.45, 7) is 0. The van der Waals surface area contributed by atoms with Gasteiger partial charge in [0.05, 0.1) is 5.69 Å². The Bertz CT molecular complexity index is 477. The first-order valence-electron chi connectivity index (χ1n) is 4.73. The van der Waals surface area contributed by atoms with Crippen LogP contribution >= 0.6 is 0 Å². The average molecular weight is 393 g/mol. The number of anilines is 3. The van der Waals surface area contributed by atoms with Gasteiger partial charge in [0.25, 0.3) is 0 Å². The van der Waals surface area contributed by atoms with Gasteiger partial charge in [-0.1, -0.05) is 17.3 Å². The largest absolute Gasteiger partial charge is 0.400 e. The van der Waals surface area contributed by atoms with E-state index < -0.39 is 0 Å². The second kappa shape index (κ2) is 4.34. The Morgan fingerprint density at radius 1 is 1.19 bits per heavy atom. The van der Waals surface area contributed by atoms with Gasteiger partial charge in [0, 0.05) is 32.8 Å². The first-order chi connectivity index (χ1) is 7.36. The van der Waals surface area contributed by atoms with Gasteiger partial charge in [-0.15, -0.1) is 0 Å². The maximum Gasteiger partial charge on any atom is 0.397 e. The van der Waals surface area contributed by atoms with Crippen LogP contribution in [-0.2, 0) is 21.1 Å². The average Bonchev–Trinajstić information content (AvgIpc) is 2.87. The molecule has 0 amide bonds. The van der Waals surface area contributed by atoms with E-state index in [0.717, 1.165) is 11.5 Å². The fourth-order valence-electron chi connectivity index (χ4n) is 1.78. The van der Waals surface area contributed by atoms with E-state index in [4.69, 9.17) is 4.52 Å². The van der Waals surface area contributed by atoms with Gasteiger partial charge in [0.2, 0.25) is 0 Å². The van der Waals surface area contributed by atoms with Crippen LogP contribution in [0, 0.1) is 0 Å². The predicted molar refractivity (Wildman–Crippen MR) is 59.2 cm³/mol. The summed E-state index contributed by atoms with van der Waals surface area (Å²) in [5.74, 6) is 0.798. The molecule has 6 heteroatoms. The number of nitrogens with zero attached hydrogens (tertiary/aromatic N) is 3. The minimum absolute atomic E-state index is 0. The third kappa shape index (κ3) is 1.65. The molecule has 1 aliphatic heterocycles. The van der Waals surface area contributed by atoms with Crippen LogP contribution in [0.2, 0.25) is 0 Å². The van der Waals surface area contributed by atoms with Crippen molar-refractivity contribution in [3.8, 4) is 0 Å². The molecule has 0 spiro atoms. The summed E-state index contributed by atoms with van der Waals surface area (Å²) >= 11 is 0. The molecule has 0 unspecified atom stereocenters. The van der Waals surface area contributed by atoms with Crippen molar-refractivity contribution in [2.75, 3.05) is 16.7 Å². The van der Waals surface area contributed by atoms with Crippen molar-refractivity contribution in [1.29, 1.82) is 0 Å². The molecule has 16 heavy (non-hydrogen) atoms. The molecule has 0 aliphatic carbocycles. The van der Waals surface area contributed by atoms with Crippen LogP contribution in [-0.4, -0.2) is 19.8 Å². The van der Waals surface area contributed by atoms with Crippen LogP contribution in [0.15, 0.2) is 41.1 Å². The van der Waals surface area contributed by atoms with Crippen LogP contribution in [0.4, 0.5) is 17.2 Å². The molecule has 1 aliphatic rings. The molecule has 2 aromatic rings. The first-order valence-corrected chi connectivity index (χ1v) is 4.73. The van der Waals surface area contributed by atoms with E-state index in [1.165, 1.54) is 5.69 Å². The van der Waals surface area contributed by atoms with Gasteiger partial charge in [-0.3, -0.25) is 0 Å². The Hall–Kier alpha value is -1.22. The van der Waals surface area contributed by atoms with Crippen molar-refractivity contribution in [3.63, 3.8) is 0 Å². The number of fused-ring (bicyclic) bond motifs is 1. The van der Waals surface area contributed by atoms with Gasteiger partial charge in [0.1, 0.15) is 6.26 Å². The van der Waals surface area contributed by atoms with E-state index in [0.29, 0.717) is 0 Å². The summed E-state index contributed by atoms with van der Waals surface area (Å²) < 4.78 is 4.85. The Balaban J connectivity index is 0.000000963. The molecule has 1 aromatic carbocycles. The van der Waals surface area contributed by atoms with Crippen LogP contribution in [0.5, 0.6) is 0 Å². The standard InChI is InChI=1S/C10H9BN3O.Pt/c1-13-8-4-2-3-5-9(8)14(11-13)10-6-7-15-12-10;/h2-7H,1H3;. The summed E-state index contributed by atoms with van der Waals surface area (Å²) in [4.78, 5) is 4.06. The van der Waals surface area contributed by atoms with Crippen molar-refractivity contribution in [1.82, 2.24) is 5.16 Å². The fraction of sp³-hybridized carbons (Fsp3) is 0.100. The Labute approximate surface area is 109 Å². The molecule has 0 fully saturated rings. The van der Waals surface area contributed by atoms with E-state index in [1.807, 2.05) is 37.6 Å². The summed E-state index contributed by atoms with van der Waals surface area (Å²) in [5, 5.41) is 3.92. The molecule has 83 valence electrons. The SMILES string of the molecule is CN1[B]N(c2ccon2)c2ccccc21.[Pt]. The number of hydrogen-bond acceptors (Lipinski definition) is 4. The number of rotatable bonds is 1. The van der Waals surface area contributed by atoms with Crippen LogP contribution in [0.25, 0.3) is 0 Å². The van der Waals surface area contributed by atoms with Crippen LogP contribution < -0.4 is 9.62 Å². The number of hydrogen-bond donors (Lipinski definition) is 0. The summed E-state index contributed by atoms with van der Waals surface area (Å²) in [6.07, 6.45) is 1.57. The zero-order valence-corrected chi connectivity index (χ0v) is 10.9. The molecule has 0 N–H and O–H groups in total. The summed E-state index contributed by atoms with van der Waals surface area (Å²) in [7, 11) is 4.00. The zero-order valence-electron chi connectivity index (χ0n) is 8.61. The minimum atomic E-state index is 0. The van der Waals surface area contributed by atoms with Gasteiger partial charge in [0.15, 0.2) is 5.82 Å². The van der Waals surface area contributed by atoms with Crippen molar-refractivity contribution < 1.29 is 25.6 Å². The molecule has 0 bridgehead atoms. The topological polar surface area (TPSA) is 32.5 Å². The Morgan fingerprint density at radius 3 is 2.62 bits per heavy atom. The van der Waals surface area contributed by atoms with Gasteiger partial charge >= 0.3 is 7.55 Å². The molecule has 0 saturated heterocycles. The van der Waals surface area contributed by atoms with Gasteiger partial charge in [-0.05, 0) is 19.2 Å². The molecule has 2 heterocycles. The van der Waals surface area contributed by atoms with Crippen molar-refractivity contribution in [2.24, 2.45) is 0 Å². The third-order valence-electron chi connectivity index (χ3n) is 2.48. The van der Waals surface area contributed by atoms with Gasteiger partial charge < -0.3 is 14.1 Å². The first kappa shape index (κ1) is 11.3. The van der Waals surface area contributed by atoms with Crippen molar-refractivity contribution in [2.45, 2.75) is 0 Å². The predicted octanol–water partition coefficient (Wildman–Crippen LogP) is 1.79. The van der Waals surface area contributed by atoms with E-state index >= 15 is 0 Å². The smallest absolute Gasteiger partial charge is 0.397 e. The molecular formula is C10H9BN3OPt. The summed E-state index contributed by atoms with van der Waals surface area (Å²) in [6, 6.07) is 10.0. The third-order valence-corrected chi connectivity index (χ3v) is 2.48. The van der Waals surface area contributed by atoms with Crippen molar-refractivity contribution in [3.05, 3.63) is 36.6 Å². The molecule has 3 rings (SSSR count). The zero-order chi connectivity index (χ0) is 10.3. The van der Waals surface area contributed by atoms with E-state index in [9.17, 15) is 0 Å². The van der Waals surface area contributed by atoms with Crippen LogP contribution in [0.3, 0.4) is 0 Å². The molecule has 1 radical (unpaired) electrons. The second-order valence-corrected chi connectivity index (χ2v) is 3.44. The van der Waals surface area contributed by atoms with Crippen LogP contribution in [0.1, 0.15) is 0 Å². The second-order valence-electron chi connectivity index (χ2n) is 3.44. The normalized spacial score (nSPS) is 13.1. The maximum atomic E-state index is 4.85. The number of benzene rings is 1. The minimum Gasteiger partial charge on any atom is -0.400 e. The number of para-hydroxylation sites is 2. The maximum absolute atomic E-state index is 4.85. The van der Waals surface area contributed by atoms with E-state index in [1.54, 1.807) is 6.26 Å². The molecule has 4 nitrogen and oxygen atoms in total. The number of aromatic nitrogens is 1. The Kier molecular flexibility index (Phi) is 3.06. The molecule has 1 aromatic heterocycles. The van der Waals surface area contributed by atoms with E-state index in [2.05, 4.69) is 22.1 Å². The van der Waals surface area contributed by atoms with Crippen molar-refractivity contribution >= 4 is 24.7 Å². The quantitative estimate of drug-likeness (QED) is 0.692. The molecule has 0 atom stereocenters. The molecule has 0 saturated carbocycles. The fourth-order valence-corrected chi connectivity index (χ4v) is 1.78. The Morgan fingerprint density at radius 2 is 1.94 bits per heavy atom. The molecular weight excluding hydrogens is 384 g/mol.